The number of anilines is 1. The molecule has 0 saturated heterocycles. The second-order valence-electron chi connectivity index (χ2n) is 7.45. The van der Waals surface area contributed by atoms with Crippen molar-refractivity contribution in [3.8, 4) is 11.5 Å². The van der Waals surface area contributed by atoms with E-state index in [2.05, 4.69) is 27.6 Å². The smallest absolute Gasteiger partial charge is 0.234 e. The second kappa shape index (κ2) is 10.4. The highest BCUT2D eigenvalue weighted by atomic mass is 32.2. The van der Waals surface area contributed by atoms with E-state index in [9.17, 15) is 4.79 Å². The molecule has 0 spiro atoms. The fourth-order valence-electron chi connectivity index (χ4n) is 3.55. The number of hydrogen-bond donors (Lipinski definition) is 1. The number of aromatic nitrogens is 3. The molecular formula is C25H26N4O3S. The number of aryl methyl sites for hydroxylation is 1. The molecule has 4 rings (SSSR count). The summed E-state index contributed by atoms with van der Waals surface area (Å²) in [5, 5.41) is 14.4. The van der Waals surface area contributed by atoms with E-state index < -0.39 is 0 Å². The number of ether oxygens (including phenoxy) is 2. The first-order valence-corrected chi connectivity index (χ1v) is 11.7. The number of fused-ring (bicyclic) bond motifs is 1. The minimum Gasteiger partial charge on any atom is -0.495 e. The van der Waals surface area contributed by atoms with E-state index in [1.54, 1.807) is 7.11 Å². The molecule has 0 fully saturated rings. The monoisotopic (exact) mass is 462 g/mol. The predicted molar refractivity (Wildman–Crippen MR) is 131 cm³/mol. The molecule has 0 atom stereocenters. The van der Waals surface area contributed by atoms with Gasteiger partial charge in [0.2, 0.25) is 5.91 Å². The first kappa shape index (κ1) is 22.7. The fourth-order valence-corrected chi connectivity index (χ4v) is 4.37. The number of nitrogens with zero attached hydrogens (tertiary/aromatic N) is 3. The van der Waals surface area contributed by atoms with Crippen LogP contribution in [0.5, 0.6) is 11.5 Å². The number of carbonyl (C=O) groups excluding carboxylic acids is 1. The van der Waals surface area contributed by atoms with Crippen LogP contribution >= 0.6 is 11.8 Å². The quantitative estimate of drug-likeness (QED) is 0.350. The maximum Gasteiger partial charge on any atom is 0.234 e. The molecule has 3 aromatic carbocycles. The lowest BCUT2D eigenvalue weighted by Crippen LogP contribution is -2.15. The maximum absolute atomic E-state index is 12.5. The largest absolute Gasteiger partial charge is 0.495 e. The van der Waals surface area contributed by atoms with Gasteiger partial charge in [-0.1, -0.05) is 54.2 Å². The van der Waals surface area contributed by atoms with E-state index >= 15 is 0 Å². The van der Waals surface area contributed by atoms with Crippen LogP contribution in [0, 0.1) is 6.92 Å². The van der Waals surface area contributed by atoms with Gasteiger partial charge in [0.25, 0.3) is 0 Å². The van der Waals surface area contributed by atoms with Crippen LogP contribution < -0.4 is 14.8 Å². The van der Waals surface area contributed by atoms with E-state index in [0.717, 1.165) is 22.1 Å². The number of methoxy groups -OCH3 is 1. The van der Waals surface area contributed by atoms with Gasteiger partial charge in [-0.2, -0.15) is 0 Å². The van der Waals surface area contributed by atoms with Gasteiger partial charge < -0.3 is 19.4 Å². The van der Waals surface area contributed by atoms with Gasteiger partial charge in [0.05, 0.1) is 18.6 Å². The summed E-state index contributed by atoms with van der Waals surface area (Å²) in [6.07, 6.45) is 0. The molecule has 1 amide bonds. The molecule has 0 aliphatic carbocycles. The van der Waals surface area contributed by atoms with E-state index in [4.69, 9.17) is 9.47 Å². The van der Waals surface area contributed by atoms with Crippen molar-refractivity contribution in [3.05, 3.63) is 72.1 Å². The summed E-state index contributed by atoms with van der Waals surface area (Å²) in [5.41, 5.74) is 1.70. The predicted octanol–water partition coefficient (Wildman–Crippen LogP) is 5.08. The third kappa shape index (κ3) is 5.28. The molecule has 1 N–H and O–H groups in total. The summed E-state index contributed by atoms with van der Waals surface area (Å²) in [6.45, 7) is 4.96. The number of hydrogen-bond acceptors (Lipinski definition) is 6. The lowest BCUT2D eigenvalue weighted by Gasteiger charge is -2.12. The van der Waals surface area contributed by atoms with Crippen molar-refractivity contribution >= 4 is 34.1 Å². The van der Waals surface area contributed by atoms with Gasteiger partial charge in [-0.25, -0.2) is 0 Å². The zero-order valence-electron chi connectivity index (χ0n) is 18.9. The number of benzene rings is 3. The Kier molecular flexibility index (Phi) is 7.14. The first-order valence-electron chi connectivity index (χ1n) is 10.7. The van der Waals surface area contributed by atoms with E-state index in [1.807, 2.05) is 66.9 Å². The van der Waals surface area contributed by atoms with Crippen molar-refractivity contribution in [2.45, 2.75) is 32.2 Å². The molecule has 0 unspecified atom stereocenters. The molecule has 33 heavy (non-hydrogen) atoms. The lowest BCUT2D eigenvalue weighted by molar-refractivity contribution is -0.113. The topological polar surface area (TPSA) is 78.3 Å². The van der Waals surface area contributed by atoms with Gasteiger partial charge in [0.15, 0.2) is 11.0 Å². The minimum atomic E-state index is -0.136. The summed E-state index contributed by atoms with van der Waals surface area (Å²) >= 11 is 1.34. The molecular weight excluding hydrogens is 436 g/mol. The highest BCUT2D eigenvalue weighted by Crippen LogP contribution is 2.27. The van der Waals surface area contributed by atoms with Crippen molar-refractivity contribution < 1.29 is 14.3 Å². The van der Waals surface area contributed by atoms with E-state index in [-0.39, 0.29) is 11.7 Å². The molecule has 0 saturated carbocycles. The number of amides is 1. The van der Waals surface area contributed by atoms with Crippen molar-refractivity contribution in [3.63, 3.8) is 0 Å². The molecule has 0 aliphatic rings. The SMILES string of the molecule is CCn1c(COc2cccc3ccccc23)nnc1SCC(=O)Nc1cc(C)ccc1OC. The lowest BCUT2D eigenvalue weighted by atomic mass is 10.1. The molecule has 1 heterocycles. The van der Waals surface area contributed by atoms with Crippen molar-refractivity contribution in [2.24, 2.45) is 0 Å². The molecule has 1 aromatic heterocycles. The van der Waals surface area contributed by atoms with E-state index in [0.29, 0.717) is 35.6 Å². The van der Waals surface area contributed by atoms with Crippen LogP contribution in [0.4, 0.5) is 5.69 Å². The molecule has 170 valence electrons. The number of carbonyl (C=O) groups is 1. The first-order chi connectivity index (χ1) is 16.1. The molecule has 0 bridgehead atoms. The Labute approximate surface area is 197 Å². The molecule has 4 aromatic rings. The average molecular weight is 463 g/mol. The molecule has 8 heteroatoms. The van der Waals surface area contributed by atoms with E-state index in [1.165, 1.54) is 11.8 Å². The second-order valence-corrected chi connectivity index (χ2v) is 8.39. The summed E-state index contributed by atoms with van der Waals surface area (Å²) < 4.78 is 13.4. The Morgan fingerprint density at radius 2 is 1.88 bits per heavy atom. The Hall–Kier alpha value is -3.52. The van der Waals surface area contributed by atoms with Crippen LogP contribution in [0.2, 0.25) is 0 Å². The fraction of sp³-hybridized carbons (Fsp3) is 0.240. The van der Waals surface area contributed by atoms with Gasteiger partial charge in [-0.05, 0) is 43.0 Å². The third-order valence-electron chi connectivity index (χ3n) is 5.18. The zero-order chi connectivity index (χ0) is 23.2. The number of thioether (sulfide) groups is 1. The number of rotatable bonds is 9. The minimum absolute atomic E-state index is 0.136. The molecule has 0 aliphatic heterocycles. The number of nitrogens with one attached hydrogen (secondary N) is 1. The summed E-state index contributed by atoms with van der Waals surface area (Å²) in [6, 6.07) is 19.8. The summed E-state index contributed by atoms with van der Waals surface area (Å²) in [4.78, 5) is 12.5. The summed E-state index contributed by atoms with van der Waals surface area (Å²) in [5.74, 6) is 2.22. The van der Waals surface area contributed by atoms with Crippen molar-refractivity contribution in [1.29, 1.82) is 0 Å². The maximum atomic E-state index is 12.5. The van der Waals surface area contributed by atoms with Crippen LogP contribution in [0.25, 0.3) is 10.8 Å². The van der Waals surface area contributed by atoms with Gasteiger partial charge in [0, 0.05) is 11.9 Å². The Bertz CT molecular complexity index is 1270. The Morgan fingerprint density at radius 1 is 1.06 bits per heavy atom. The Morgan fingerprint density at radius 3 is 2.70 bits per heavy atom. The highest BCUT2D eigenvalue weighted by molar-refractivity contribution is 7.99. The van der Waals surface area contributed by atoms with Crippen LogP contribution in [0.15, 0.2) is 65.8 Å². The van der Waals surface area contributed by atoms with Crippen LogP contribution in [-0.2, 0) is 17.9 Å². The van der Waals surface area contributed by atoms with Gasteiger partial charge >= 0.3 is 0 Å². The van der Waals surface area contributed by atoms with Gasteiger partial charge in [0.1, 0.15) is 18.1 Å². The molecule has 7 nitrogen and oxygen atoms in total. The third-order valence-corrected chi connectivity index (χ3v) is 6.14. The van der Waals surface area contributed by atoms with Crippen molar-refractivity contribution in [2.75, 3.05) is 18.2 Å². The summed E-state index contributed by atoms with van der Waals surface area (Å²) in [7, 11) is 1.58. The highest BCUT2D eigenvalue weighted by Gasteiger charge is 2.15. The van der Waals surface area contributed by atoms with Crippen LogP contribution in [0.3, 0.4) is 0 Å². The van der Waals surface area contributed by atoms with Crippen LogP contribution in [0.1, 0.15) is 18.3 Å². The average Bonchev–Trinajstić information content (AvgIpc) is 3.23. The molecule has 0 radical (unpaired) electrons. The zero-order valence-corrected chi connectivity index (χ0v) is 19.7. The van der Waals surface area contributed by atoms with Gasteiger partial charge in [-0.15, -0.1) is 10.2 Å². The Balaban J connectivity index is 1.40. The normalized spacial score (nSPS) is 10.9. The standard InChI is InChI=1S/C25H26N4O3S/c1-4-29-23(15-32-21-11-7-9-18-8-5-6-10-19(18)21)27-28-25(29)33-16-24(30)26-20-14-17(2)12-13-22(20)31-3/h5-14H,4,15-16H2,1-3H3,(H,26,30). The van der Waals surface area contributed by atoms with Gasteiger partial charge in [-0.3, -0.25) is 4.79 Å². The van der Waals surface area contributed by atoms with Crippen LogP contribution in [-0.4, -0.2) is 33.5 Å². The van der Waals surface area contributed by atoms with Crippen molar-refractivity contribution in [1.82, 2.24) is 14.8 Å².